The van der Waals surface area contributed by atoms with Crippen molar-refractivity contribution in [1.29, 1.82) is 0 Å². The van der Waals surface area contributed by atoms with E-state index in [0.29, 0.717) is 51.5 Å². The molecule has 36 heavy (non-hydrogen) atoms. The zero-order valence-electron chi connectivity index (χ0n) is 20.2. The first-order valence-electron chi connectivity index (χ1n) is 12.7. The SMILES string of the molecule is NC(=O)OC1CCCCC/C=C\C2CC2(C(=O)NS(=O)(=O)NC2CCC2)NC(=O)C2CCCN2C1=O. The molecule has 0 aromatic rings. The van der Waals surface area contributed by atoms with Crippen LogP contribution in [0.25, 0.3) is 0 Å². The molecule has 0 bridgehead atoms. The number of allylic oxidation sites excluding steroid dienone is 1. The number of nitrogens with two attached hydrogens (primary N) is 1. The Labute approximate surface area is 210 Å². The topological polar surface area (TPSA) is 177 Å². The molecule has 5 N–H and O–H groups in total. The summed E-state index contributed by atoms with van der Waals surface area (Å²) in [5.41, 5.74) is 3.77. The summed E-state index contributed by atoms with van der Waals surface area (Å²) in [7, 11) is -4.08. The van der Waals surface area contributed by atoms with Crippen LogP contribution in [0.1, 0.15) is 70.6 Å². The van der Waals surface area contributed by atoms with Crippen molar-refractivity contribution < 1.29 is 32.3 Å². The Morgan fingerprint density at radius 1 is 1.08 bits per heavy atom. The van der Waals surface area contributed by atoms with Crippen molar-refractivity contribution in [1.82, 2.24) is 19.7 Å². The molecule has 2 aliphatic heterocycles. The molecule has 2 aliphatic carbocycles. The van der Waals surface area contributed by atoms with Crippen molar-refractivity contribution in [2.24, 2.45) is 11.7 Å². The van der Waals surface area contributed by atoms with Crippen molar-refractivity contribution >= 4 is 34.0 Å². The summed E-state index contributed by atoms with van der Waals surface area (Å²) in [5, 5.41) is 2.77. The lowest BCUT2D eigenvalue weighted by atomic mass is 9.94. The van der Waals surface area contributed by atoms with Crippen LogP contribution in [-0.2, 0) is 29.3 Å². The first-order chi connectivity index (χ1) is 17.1. The first-order valence-corrected chi connectivity index (χ1v) is 14.2. The number of amides is 4. The molecule has 4 amide bonds. The molecule has 4 unspecified atom stereocenters. The lowest BCUT2D eigenvalue weighted by Crippen LogP contribution is -2.58. The Balaban J connectivity index is 1.54. The summed E-state index contributed by atoms with van der Waals surface area (Å²) in [6.07, 6.45) is 8.47. The molecule has 3 fully saturated rings. The number of fused-ring (bicyclic) bond motifs is 2. The highest BCUT2D eigenvalue weighted by Crippen LogP contribution is 2.45. The van der Waals surface area contributed by atoms with Crippen LogP contribution in [0.2, 0.25) is 0 Å². The minimum absolute atomic E-state index is 0.196. The fourth-order valence-electron chi connectivity index (χ4n) is 5.16. The summed E-state index contributed by atoms with van der Waals surface area (Å²) in [6, 6.07) is -1.06. The van der Waals surface area contributed by atoms with Gasteiger partial charge in [-0.1, -0.05) is 25.0 Å². The van der Waals surface area contributed by atoms with Crippen LogP contribution >= 0.6 is 0 Å². The van der Waals surface area contributed by atoms with Gasteiger partial charge in [-0.05, 0) is 57.8 Å². The Kier molecular flexibility index (Phi) is 7.88. The molecule has 1 saturated heterocycles. The van der Waals surface area contributed by atoms with Gasteiger partial charge in [-0.2, -0.15) is 13.1 Å². The van der Waals surface area contributed by atoms with Gasteiger partial charge < -0.3 is 20.7 Å². The number of carbonyl (C=O) groups is 4. The van der Waals surface area contributed by atoms with Gasteiger partial charge >= 0.3 is 16.3 Å². The van der Waals surface area contributed by atoms with Gasteiger partial charge in [-0.25, -0.2) is 9.52 Å². The molecule has 0 aromatic carbocycles. The highest BCUT2D eigenvalue weighted by atomic mass is 32.2. The molecule has 0 aromatic heterocycles. The van der Waals surface area contributed by atoms with Gasteiger partial charge in [0.25, 0.3) is 11.8 Å². The van der Waals surface area contributed by atoms with Crippen LogP contribution in [0, 0.1) is 5.92 Å². The fraction of sp³-hybridized carbons (Fsp3) is 0.739. The van der Waals surface area contributed by atoms with E-state index in [0.717, 1.165) is 19.3 Å². The van der Waals surface area contributed by atoms with Crippen molar-refractivity contribution in [3.63, 3.8) is 0 Å². The van der Waals surface area contributed by atoms with Crippen LogP contribution in [0.15, 0.2) is 12.2 Å². The molecular formula is C23H35N5O7S. The van der Waals surface area contributed by atoms with Gasteiger partial charge in [0.15, 0.2) is 6.10 Å². The lowest BCUT2D eigenvalue weighted by molar-refractivity contribution is -0.146. The second-order valence-corrected chi connectivity index (χ2v) is 11.6. The van der Waals surface area contributed by atoms with E-state index in [1.807, 2.05) is 12.2 Å². The number of rotatable bonds is 5. The molecule has 4 atom stereocenters. The summed E-state index contributed by atoms with van der Waals surface area (Å²) in [5.74, 6) is -2.18. The van der Waals surface area contributed by atoms with Gasteiger partial charge in [0.1, 0.15) is 11.6 Å². The van der Waals surface area contributed by atoms with E-state index >= 15 is 0 Å². The van der Waals surface area contributed by atoms with Gasteiger partial charge in [0.05, 0.1) is 0 Å². The third kappa shape index (κ3) is 6.00. The van der Waals surface area contributed by atoms with E-state index in [1.54, 1.807) is 0 Å². The predicted molar refractivity (Wildman–Crippen MR) is 128 cm³/mol. The van der Waals surface area contributed by atoms with Gasteiger partial charge in [-0.3, -0.25) is 14.4 Å². The van der Waals surface area contributed by atoms with E-state index in [4.69, 9.17) is 10.5 Å². The van der Waals surface area contributed by atoms with Gasteiger partial charge in [0.2, 0.25) is 5.91 Å². The Hall–Kier alpha value is -2.67. The van der Waals surface area contributed by atoms with Crippen molar-refractivity contribution in [3.05, 3.63) is 12.2 Å². The monoisotopic (exact) mass is 525 g/mol. The van der Waals surface area contributed by atoms with E-state index in [2.05, 4.69) is 14.8 Å². The standard InChI is InChI=1S/C23H35N5O7S/c24-22(32)35-18-12-5-3-1-2-4-8-15-14-23(15,21(31)27-36(33,34)26-16-9-6-10-16)25-19(29)17-11-7-13-28(17)20(18)30/h4,8,15-18,26H,1-3,5-7,9-14H2,(H2,24,32)(H,25,29)(H,27,31)/b8-4-. The second-order valence-electron chi connectivity index (χ2n) is 10.1. The quantitative estimate of drug-likeness (QED) is 0.374. The number of hydrogen-bond acceptors (Lipinski definition) is 7. The summed E-state index contributed by atoms with van der Waals surface area (Å²) < 4.78 is 34.6. The zero-order valence-corrected chi connectivity index (χ0v) is 21.1. The molecule has 200 valence electrons. The molecule has 0 spiro atoms. The first kappa shape index (κ1) is 26.4. The maximum Gasteiger partial charge on any atom is 0.405 e. The molecule has 12 nitrogen and oxygen atoms in total. The summed E-state index contributed by atoms with van der Waals surface area (Å²) in [6.45, 7) is 0.303. The number of primary amides is 1. The smallest absolute Gasteiger partial charge is 0.405 e. The summed E-state index contributed by atoms with van der Waals surface area (Å²) >= 11 is 0. The van der Waals surface area contributed by atoms with Crippen molar-refractivity contribution in [3.8, 4) is 0 Å². The Bertz CT molecular complexity index is 1030. The average Bonchev–Trinajstić information content (AvgIpc) is 3.24. The lowest BCUT2D eigenvalue weighted by Gasteiger charge is -2.29. The van der Waals surface area contributed by atoms with Gasteiger partial charge in [-0.15, -0.1) is 0 Å². The highest BCUT2D eigenvalue weighted by Gasteiger charge is 2.61. The molecule has 4 aliphatic rings. The van der Waals surface area contributed by atoms with Crippen molar-refractivity contribution in [2.75, 3.05) is 6.54 Å². The zero-order chi connectivity index (χ0) is 25.9. The van der Waals surface area contributed by atoms with E-state index in [9.17, 15) is 27.6 Å². The maximum atomic E-state index is 13.3. The van der Waals surface area contributed by atoms with Crippen LogP contribution in [0.4, 0.5) is 4.79 Å². The maximum absolute atomic E-state index is 13.3. The molecule has 4 rings (SSSR count). The Morgan fingerprint density at radius 3 is 2.56 bits per heavy atom. The predicted octanol–water partition coefficient (Wildman–Crippen LogP) is 0.340. The average molecular weight is 526 g/mol. The van der Waals surface area contributed by atoms with Crippen LogP contribution in [0.3, 0.4) is 0 Å². The number of ether oxygens (including phenoxy) is 1. The van der Waals surface area contributed by atoms with Crippen molar-refractivity contribution in [2.45, 2.75) is 94.4 Å². The molecule has 2 heterocycles. The molecule has 0 radical (unpaired) electrons. The number of carbonyl (C=O) groups excluding carboxylic acids is 4. The van der Waals surface area contributed by atoms with Crippen LogP contribution < -0.4 is 20.5 Å². The minimum Gasteiger partial charge on any atom is -0.436 e. The second kappa shape index (κ2) is 10.8. The Morgan fingerprint density at radius 2 is 1.86 bits per heavy atom. The highest BCUT2D eigenvalue weighted by molar-refractivity contribution is 7.88. The van der Waals surface area contributed by atoms with Gasteiger partial charge in [0, 0.05) is 18.5 Å². The van der Waals surface area contributed by atoms with Crippen LogP contribution in [0.5, 0.6) is 0 Å². The molecular weight excluding hydrogens is 490 g/mol. The minimum atomic E-state index is -4.08. The van der Waals surface area contributed by atoms with E-state index < -0.39 is 51.7 Å². The normalized spacial score (nSPS) is 32.6. The third-order valence-corrected chi connectivity index (χ3v) is 8.60. The largest absolute Gasteiger partial charge is 0.436 e. The molecule has 13 heteroatoms. The van der Waals surface area contributed by atoms with E-state index in [1.165, 1.54) is 4.90 Å². The van der Waals surface area contributed by atoms with E-state index in [-0.39, 0.29) is 18.4 Å². The van der Waals surface area contributed by atoms with Crippen LogP contribution in [-0.4, -0.2) is 67.4 Å². The number of hydrogen-bond donors (Lipinski definition) is 4. The number of nitrogens with zero attached hydrogens (tertiary/aromatic N) is 1. The fourth-order valence-corrected chi connectivity index (χ4v) is 6.32. The molecule has 2 saturated carbocycles. The number of nitrogens with one attached hydrogen (secondary N) is 3. The summed E-state index contributed by atoms with van der Waals surface area (Å²) in [4.78, 5) is 52.5. The third-order valence-electron chi connectivity index (χ3n) is 7.50.